The number of aryl methyl sites for hydroxylation is 1. The van der Waals surface area contributed by atoms with Gasteiger partial charge in [-0.1, -0.05) is 48.0 Å². The first kappa shape index (κ1) is 18.0. The molecular formula is C31H19NO2. The summed E-state index contributed by atoms with van der Waals surface area (Å²) in [4.78, 5) is 0. The zero-order valence-corrected chi connectivity index (χ0v) is 18.5. The van der Waals surface area contributed by atoms with Gasteiger partial charge in [-0.15, -0.1) is 0 Å². The Hall–Kier alpha value is -4.50. The van der Waals surface area contributed by atoms with Gasteiger partial charge in [0.15, 0.2) is 0 Å². The molecule has 0 spiro atoms. The van der Waals surface area contributed by atoms with Crippen molar-refractivity contribution in [3.8, 4) is 5.69 Å². The second-order valence-corrected chi connectivity index (χ2v) is 9.07. The summed E-state index contributed by atoms with van der Waals surface area (Å²) in [6.07, 6.45) is 0. The summed E-state index contributed by atoms with van der Waals surface area (Å²) in [5.74, 6) is 0. The summed E-state index contributed by atoms with van der Waals surface area (Å²) in [5, 5.41) is 6.88. The molecule has 0 aliphatic carbocycles. The summed E-state index contributed by atoms with van der Waals surface area (Å²) in [6.45, 7) is 2.11. The molecule has 0 unspecified atom stereocenters. The number of para-hydroxylation sites is 2. The summed E-state index contributed by atoms with van der Waals surface area (Å²) >= 11 is 0. The predicted molar refractivity (Wildman–Crippen MR) is 140 cm³/mol. The number of nitrogens with zero attached hydrogens (tertiary/aromatic N) is 1. The molecule has 0 aliphatic heterocycles. The molecule has 0 saturated carbocycles. The summed E-state index contributed by atoms with van der Waals surface area (Å²) in [6, 6.07) is 34.2. The molecule has 0 amide bonds. The highest BCUT2D eigenvalue weighted by molar-refractivity contribution is 6.22. The van der Waals surface area contributed by atoms with E-state index < -0.39 is 0 Å². The standard InChI is InChI=1S/C31H19NO2/c1-18-10-13-28-24(16-18)30-29(33-28)15-12-22-23-17-19(11-14-27(23)34-31(22)30)32-25-8-4-2-6-20(25)21-7-3-5-9-26(21)32/h2-17H,1H3. The molecule has 8 aromatic rings. The highest BCUT2D eigenvalue weighted by Crippen LogP contribution is 2.40. The van der Waals surface area contributed by atoms with Crippen molar-refractivity contribution < 1.29 is 8.83 Å². The Morgan fingerprint density at radius 2 is 1.21 bits per heavy atom. The number of furan rings is 2. The zero-order valence-electron chi connectivity index (χ0n) is 18.5. The fraction of sp³-hybridized carbons (Fsp3) is 0.0323. The molecule has 0 atom stereocenters. The molecule has 3 aromatic heterocycles. The third kappa shape index (κ3) is 2.26. The monoisotopic (exact) mass is 437 g/mol. The van der Waals surface area contributed by atoms with Crippen LogP contribution in [0.25, 0.3) is 71.4 Å². The molecule has 0 radical (unpaired) electrons. The topological polar surface area (TPSA) is 31.2 Å². The predicted octanol–water partition coefficient (Wildman–Crippen LogP) is 8.89. The van der Waals surface area contributed by atoms with Crippen molar-refractivity contribution in [2.45, 2.75) is 6.92 Å². The minimum atomic E-state index is 0.856. The highest BCUT2D eigenvalue weighted by Gasteiger charge is 2.18. The molecule has 8 rings (SSSR count). The average Bonchev–Trinajstić information content (AvgIpc) is 3.52. The van der Waals surface area contributed by atoms with E-state index in [1.165, 1.54) is 27.4 Å². The van der Waals surface area contributed by atoms with Gasteiger partial charge in [0.25, 0.3) is 0 Å². The number of hydrogen-bond acceptors (Lipinski definition) is 2. The molecule has 0 aliphatic rings. The first-order chi connectivity index (χ1) is 16.8. The Balaban J connectivity index is 1.48. The Morgan fingerprint density at radius 1 is 0.529 bits per heavy atom. The number of fused-ring (bicyclic) bond motifs is 10. The van der Waals surface area contributed by atoms with Crippen LogP contribution >= 0.6 is 0 Å². The minimum Gasteiger partial charge on any atom is -0.456 e. The van der Waals surface area contributed by atoms with E-state index in [4.69, 9.17) is 8.83 Å². The van der Waals surface area contributed by atoms with Crippen LogP contribution in [-0.4, -0.2) is 4.57 Å². The van der Waals surface area contributed by atoms with Gasteiger partial charge in [-0.2, -0.15) is 0 Å². The van der Waals surface area contributed by atoms with Crippen molar-refractivity contribution in [2.75, 3.05) is 0 Å². The lowest BCUT2D eigenvalue weighted by Gasteiger charge is -2.07. The van der Waals surface area contributed by atoms with Crippen molar-refractivity contribution in [2.24, 2.45) is 0 Å². The van der Waals surface area contributed by atoms with Gasteiger partial charge < -0.3 is 13.4 Å². The Kier molecular flexibility index (Phi) is 3.33. The van der Waals surface area contributed by atoms with Crippen LogP contribution in [0.4, 0.5) is 0 Å². The van der Waals surface area contributed by atoms with Crippen LogP contribution in [0.15, 0.2) is 106 Å². The van der Waals surface area contributed by atoms with E-state index in [0.717, 1.165) is 49.6 Å². The third-order valence-corrected chi connectivity index (χ3v) is 7.05. The van der Waals surface area contributed by atoms with Gasteiger partial charge in [-0.05, 0) is 61.5 Å². The molecule has 3 nitrogen and oxygen atoms in total. The van der Waals surface area contributed by atoms with Gasteiger partial charge >= 0.3 is 0 Å². The first-order valence-electron chi connectivity index (χ1n) is 11.5. The second-order valence-electron chi connectivity index (χ2n) is 9.07. The molecule has 0 N–H and O–H groups in total. The Morgan fingerprint density at radius 3 is 2.00 bits per heavy atom. The Labute approximate surface area is 194 Å². The van der Waals surface area contributed by atoms with Crippen LogP contribution in [0, 0.1) is 6.92 Å². The maximum atomic E-state index is 6.45. The van der Waals surface area contributed by atoms with E-state index in [1.54, 1.807) is 0 Å². The van der Waals surface area contributed by atoms with Gasteiger partial charge in [-0.3, -0.25) is 0 Å². The minimum absolute atomic E-state index is 0.856. The van der Waals surface area contributed by atoms with Crippen LogP contribution in [-0.2, 0) is 0 Å². The van der Waals surface area contributed by atoms with Crippen molar-refractivity contribution >= 4 is 65.7 Å². The van der Waals surface area contributed by atoms with Crippen molar-refractivity contribution in [1.82, 2.24) is 4.57 Å². The molecular weight excluding hydrogens is 418 g/mol. The smallest absolute Gasteiger partial charge is 0.147 e. The normalized spacial score (nSPS) is 12.3. The second kappa shape index (κ2) is 6.30. The van der Waals surface area contributed by atoms with Crippen LogP contribution in [0.1, 0.15) is 5.56 Å². The van der Waals surface area contributed by atoms with E-state index in [9.17, 15) is 0 Å². The van der Waals surface area contributed by atoms with Crippen molar-refractivity contribution in [3.05, 3.63) is 103 Å². The first-order valence-corrected chi connectivity index (χ1v) is 11.5. The molecule has 0 fully saturated rings. The fourth-order valence-electron chi connectivity index (χ4n) is 5.54. The lowest BCUT2D eigenvalue weighted by atomic mass is 10.1. The quantitative estimate of drug-likeness (QED) is 0.257. The third-order valence-electron chi connectivity index (χ3n) is 7.05. The SMILES string of the molecule is Cc1ccc2oc3ccc4c5cc(-n6c7ccccc7c7ccccc76)ccc5oc4c3c2c1. The maximum Gasteiger partial charge on any atom is 0.147 e. The number of rotatable bonds is 1. The van der Waals surface area contributed by atoms with E-state index in [1.807, 2.05) is 6.07 Å². The Bertz CT molecular complexity index is 2030. The number of aromatic nitrogens is 1. The van der Waals surface area contributed by atoms with Crippen LogP contribution < -0.4 is 0 Å². The number of benzene rings is 5. The van der Waals surface area contributed by atoms with Crippen molar-refractivity contribution in [3.63, 3.8) is 0 Å². The molecule has 160 valence electrons. The van der Waals surface area contributed by atoms with Gasteiger partial charge in [0, 0.05) is 32.6 Å². The molecule has 0 saturated heterocycles. The highest BCUT2D eigenvalue weighted by atomic mass is 16.3. The molecule has 3 heteroatoms. The van der Waals surface area contributed by atoms with E-state index >= 15 is 0 Å². The molecule has 34 heavy (non-hydrogen) atoms. The van der Waals surface area contributed by atoms with Crippen molar-refractivity contribution in [1.29, 1.82) is 0 Å². The van der Waals surface area contributed by atoms with E-state index in [0.29, 0.717) is 0 Å². The average molecular weight is 437 g/mol. The summed E-state index contributed by atoms with van der Waals surface area (Å²) < 4.78 is 14.9. The number of hydrogen-bond donors (Lipinski definition) is 0. The van der Waals surface area contributed by atoms with Gasteiger partial charge in [-0.25, -0.2) is 0 Å². The van der Waals surface area contributed by atoms with Gasteiger partial charge in [0.1, 0.15) is 22.3 Å². The maximum absolute atomic E-state index is 6.45. The molecule has 0 bridgehead atoms. The van der Waals surface area contributed by atoms with Gasteiger partial charge in [0.2, 0.25) is 0 Å². The van der Waals surface area contributed by atoms with E-state index in [-0.39, 0.29) is 0 Å². The van der Waals surface area contributed by atoms with Crippen LogP contribution in [0.5, 0.6) is 0 Å². The summed E-state index contributed by atoms with van der Waals surface area (Å²) in [7, 11) is 0. The summed E-state index contributed by atoms with van der Waals surface area (Å²) in [5.41, 5.74) is 8.25. The van der Waals surface area contributed by atoms with Crippen LogP contribution in [0.2, 0.25) is 0 Å². The zero-order chi connectivity index (χ0) is 22.4. The lowest BCUT2D eigenvalue weighted by Crippen LogP contribution is -1.93. The largest absolute Gasteiger partial charge is 0.456 e. The van der Waals surface area contributed by atoms with E-state index in [2.05, 4.69) is 102 Å². The lowest BCUT2D eigenvalue weighted by molar-refractivity contribution is 0.662. The van der Waals surface area contributed by atoms with Crippen LogP contribution in [0.3, 0.4) is 0 Å². The van der Waals surface area contributed by atoms with Gasteiger partial charge in [0.05, 0.1) is 16.4 Å². The fourth-order valence-corrected chi connectivity index (χ4v) is 5.54. The molecule has 5 aromatic carbocycles. The molecule has 3 heterocycles.